The fourth-order valence-electron chi connectivity index (χ4n) is 2.40. The van der Waals surface area contributed by atoms with Crippen LogP contribution in [0.15, 0.2) is 42.5 Å². The third-order valence-electron chi connectivity index (χ3n) is 3.40. The number of carbonyl (C=O) groups is 2. The summed E-state index contributed by atoms with van der Waals surface area (Å²) in [6, 6.07) is 9.01. The van der Waals surface area contributed by atoms with Gasteiger partial charge in [0.2, 0.25) is 0 Å². The number of hydrogen-bond donors (Lipinski definition) is 1. The Labute approximate surface area is 113 Å². The third-order valence-corrected chi connectivity index (χ3v) is 3.40. The maximum Gasteiger partial charge on any atom is 0.325 e. The summed E-state index contributed by atoms with van der Waals surface area (Å²) in [6.45, 7) is 7.72. The molecule has 1 fully saturated rings. The molecule has 19 heavy (non-hydrogen) atoms. The Morgan fingerprint density at radius 1 is 1.32 bits per heavy atom. The Hall–Kier alpha value is -2.10. The van der Waals surface area contributed by atoms with Crippen molar-refractivity contribution in [3.63, 3.8) is 0 Å². The van der Waals surface area contributed by atoms with Crippen LogP contribution in [-0.2, 0) is 10.3 Å². The van der Waals surface area contributed by atoms with Crippen LogP contribution in [0.25, 0.3) is 0 Å². The van der Waals surface area contributed by atoms with Gasteiger partial charge in [-0.2, -0.15) is 0 Å². The molecule has 1 heterocycles. The van der Waals surface area contributed by atoms with Crippen LogP contribution < -0.4 is 5.32 Å². The van der Waals surface area contributed by atoms with Gasteiger partial charge in [-0.1, -0.05) is 49.4 Å². The second kappa shape index (κ2) is 4.88. The minimum Gasteiger partial charge on any atom is -0.319 e. The second-order valence-electron chi connectivity index (χ2n) is 4.90. The lowest BCUT2D eigenvalue weighted by Crippen LogP contribution is -2.43. The molecule has 0 spiro atoms. The highest BCUT2D eigenvalue weighted by atomic mass is 16.2. The number of rotatable bonds is 4. The van der Waals surface area contributed by atoms with Crippen molar-refractivity contribution >= 4 is 11.9 Å². The molecule has 1 atom stereocenters. The summed E-state index contributed by atoms with van der Waals surface area (Å²) in [5.41, 5.74) is 0.664. The molecule has 4 heteroatoms. The van der Waals surface area contributed by atoms with E-state index in [1.807, 2.05) is 37.3 Å². The number of hydrogen-bond acceptors (Lipinski definition) is 2. The van der Waals surface area contributed by atoms with Crippen LogP contribution in [0.4, 0.5) is 4.79 Å². The first-order chi connectivity index (χ1) is 9.01. The van der Waals surface area contributed by atoms with E-state index in [4.69, 9.17) is 0 Å². The molecule has 0 saturated carbocycles. The van der Waals surface area contributed by atoms with Crippen molar-refractivity contribution in [1.82, 2.24) is 10.2 Å². The molecule has 3 amide bonds. The third kappa shape index (κ3) is 2.14. The lowest BCUT2D eigenvalue weighted by Gasteiger charge is -2.25. The summed E-state index contributed by atoms with van der Waals surface area (Å²) in [6.07, 6.45) is 0.522. The quantitative estimate of drug-likeness (QED) is 0.666. The number of carbonyl (C=O) groups excluding carboxylic acids is 2. The largest absolute Gasteiger partial charge is 0.325 e. The summed E-state index contributed by atoms with van der Waals surface area (Å²) in [7, 11) is 0. The fraction of sp³-hybridized carbons (Fsp3) is 0.333. The van der Waals surface area contributed by atoms with Gasteiger partial charge in [0.1, 0.15) is 5.54 Å². The van der Waals surface area contributed by atoms with Crippen LogP contribution in [0.5, 0.6) is 0 Å². The zero-order valence-corrected chi connectivity index (χ0v) is 11.3. The number of nitrogens with one attached hydrogen (secondary N) is 1. The first-order valence-electron chi connectivity index (χ1n) is 6.35. The highest BCUT2D eigenvalue weighted by Gasteiger charge is 2.50. The smallest absolute Gasteiger partial charge is 0.319 e. The molecule has 1 aliphatic rings. The highest BCUT2D eigenvalue weighted by Crippen LogP contribution is 2.32. The number of nitrogens with zero attached hydrogens (tertiary/aromatic N) is 1. The minimum absolute atomic E-state index is 0.200. The van der Waals surface area contributed by atoms with E-state index in [0.29, 0.717) is 6.42 Å². The minimum atomic E-state index is -0.937. The molecular weight excluding hydrogens is 240 g/mol. The predicted octanol–water partition coefficient (Wildman–Crippen LogP) is 2.42. The van der Waals surface area contributed by atoms with Gasteiger partial charge in [0.05, 0.1) is 6.54 Å². The molecule has 100 valence electrons. The van der Waals surface area contributed by atoms with Gasteiger partial charge in [-0.05, 0) is 18.9 Å². The molecule has 0 bridgehead atoms. The van der Waals surface area contributed by atoms with Crippen LogP contribution in [0, 0.1) is 0 Å². The molecule has 2 rings (SSSR count). The van der Waals surface area contributed by atoms with Crippen LogP contribution >= 0.6 is 0 Å². The van der Waals surface area contributed by atoms with Crippen LogP contribution in [0.2, 0.25) is 0 Å². The standard InChI is InChI=1S/C15H18N2O2/c1-4-15(12-8-6-5-7-9-12)13(18)17(10-11(2)3)14(19)16-15/h5-9H,2,4,10H2,1,3H3,(H,16,19)/t15-/m0/s1. The van der Waals surface area contributed by atoms with Crippen LogP contribution in [0.1, 0.15) is 25.8 Å². The van der Waals surface area contributed by atoms with Crippen molar-refractivity contribution in [1.29, 1.82) is 0 Å². The van der Waals surface area contributed by atoms with E-state index >= 15 is 0 Å². The first-order valence-corrected chi connectivity index (χ1v) is 6.35. The maximum atomic E-state index is 12.6. The second-order valence-corrected chi connectivity index (χ2v) is 4.90. The van der Waals surface area contributed by atoms with Crippen molar-refractivity contribution < 1.29 is 9.59 Å². The molecule has 0 aromatic heterocycles. The molecule has 1 aromatic rings. The lowest BCUT2D eigenvalue weighted by molar-refractivity contribution is -0.131. The molecule has 1 N–H and O–H groups in total. The van der Waals surface area contributed by atoms with Crippen molar-refractivity contribution in [3.05, 3.63) is 48.0 Å². The summed E-state index contributed by atoms with van der Waals surface area (Å²) in [5.74, 6) is -0.200. The molecule has 0 unspecified atom stereocenters. The van der Waals surface area contributed by atoms with Gasteiger partial charge in [0.15, 0.2) is 0 Å². The summed E-state index contributed by atoms with van der Waals surface area (Å²) >= 11 is 0. The summed E-state index contributed by atoms with van der Waals surface area (Å²) in [4.78, 5) is 25.9. The van der Waals surface area contributed by atoms with Gasteiger partial charge in [-0.3, -0.25) is 9.69 Å². The Morgan fingerprint density at radius 3 is 2.47 bits per heavy atom. The predicted molar refractivity (Wildman–Crippen MR) is 73.5 cm³/mol. The summed E-state index contributed by atoms with van der Waals surface area (Å²) < 4.78 is 0. The van der Waals surface area contributed by atoms with E-state index in [0.717, 1.165) is 11.1 Å². The Kier molecular flexibility index (Phi) is 3.42. The Bertz CT molecular complexity index is 524. The highest BCUT2D eigenvalue weighted by molar-refractivity contribution is 6.07. The maximum absolute atomic E-state index is 12.6. The van der Waals surface area contributed by atoms with Crippen LogP contribution in [0.3, 0.4) is 0 Å². The number of benzene rings is 1. The van der Waals surface area contributed by atoms with Gasteiger partial charge < -0.3 is 5.32 Å². The molecule has 0 radical (unpaired) electrons. The molecule has 1 aliphatic heterocycles. The molecule has 4 nitrogen and oxygen atoms in total. The molecule has 1 aromatic carbocycles. The van der Waals surface area contributed by atoms with E-state index in [1.54, 1.807) is 6.92 Å². The van der Waals surface area contributed by atoms with E-state index in [1.165, 1.54) is 4.90 Å². The average Bonchev–Trinajstić information content (AvgIpc) is 2.64. The lowest BCUT2D eigenvalue weighted by atomic mass is 9.87. The van der Waals surface area contributed by atoms with Gasteiger partial charge in [0.25, 0.3) is 5.91 Å². The number of urea groups is 1. The van der Waals surface area contributed by atoms with Crippen molar-refractivity contribution in [2.45, 2.75) is 25.8 Å². The fourth-order valence-corrected chi connectivity index (χ4v) is 2.40. The SMILES string of the molecule is C=C(C)CN1C(=O)N[C@@](CC)(c2ccccc2)C1=O. The van der Waals surface area contributed by atoms with E-state index in [9.17, 15) is 9.59 Å². The zero-order chi connectivity index (χ0) is 14.0. The monoisotopic (exact) mass is 258 g/mol. The van der Waals surface area contributed by atoms with E-state index in [-0.39, 0.29) is 18.5 Å². The van der Waals surface area contributed by atoms with Gasteiger partial charge in [0, 0.05) is 0 Å². The van der Waals surface area contributed by atoms with E-state index in [2.05, 4.69) is 11.9 Å². The topological polar surface area (TPSA) is 49.4 Å². The van der Waals surface area contributed by atoms with Gasteiger partial charge in [-0.15, -0.1) is 0 Å². The molecule has 1 saturated heterocycles. The van der Waals surface area contributed by atoms with E-state index < -0.39 is 5.54 Å². The van der Waals surface area contributed by atoms with Crippen molar-refractivity contribution in [2.75, 3.05) is 6.54 Å². The van der Waals surface area contributed by atoms with Gasteiger partial charge >= 0.3 is 6.03 Å². The Morgan fingerprint density at radius 2 is 1.95 bits per heavy atom. The number of imide groups is 1. The zero-order valence-electron chi connectivity index (χ0n) is 11.3. The summed E-state index contributed by atoms with van der Waals surface area (Å²) in [5, 5.41) is 2.83. The number of amides is 3. The molecule has 0 aliphatic carbocycles. The molecular formula is C15H18N2O2. The first kappa shape index (κ1) is 13.3. The van der Waals surface area contributed by atoms with Crippen molar-refractivity contribution in [2.24, 2.45) is 0 Å². The Balaban J connectivity index is 2.41. The van der Waals surface area contributed by atoms with Crippen LogP contribution in [-0.4, -0.2) is 23.4 Å². The van der Waals surface area contributed by atoms with Crippen molar-refractivity contribution in [3.8, 4) is 0 Å². The van der Waals surface area contributed by atoms with Gasteiger partial charge in [-0.25, -0.2) is 4.79 Å². The average molecular weight is 258 g/mol. The normalized spacial score (nSPS) is 22.5.